The van der Waals surface area contributed by atoms with Crippen molar-refractivity contribution in [3.05, 3.63) is 54.1 Å². The van der Waals surface area contributed by atoms with Gasteiger partial charge in [0.2, 0.25) is 0 Å². The zero-order valence-electron chi connectivity index (χ0n) is 9.26. The summed E-state index contributed by atoms with van der Waals surface area (Å²) >= 11 is 0. The predicted molar refractivity (Wildman–Crippen MR) is 69.0 cm³/mol. The quantitative estimate of drug-likeness (QED) is 0.667. The Hall–Kier alpha value is -2.22. The Labute approximate surface area is 99.8 Å². The van der Waals surface area contributed by atoms with Crippen LogP contribution >= 0.6 is 0 Å². The van der Waals surface area contributed by atoms with E-state index in [4.69, 9.17) is 4.74 Å². The molecule has 0 saturated carbocycles. The molecule has 0 N–H and O–H groups in total. The van der Waals surface area contributed by atoms with Crippen LogP contribution in [0.2, 0.25) is 0 Å². The highest BCUT2D eigenvalue weighted by atomic mass is 16.5. The molecule has 2 heterocycles. The summed E-state index contributed by atoms with van der Waals surface area (Å²) in [5, 5.41) is 0. The van der Waals surface area contributed by atoms with E-state index < -0.39 is 0 Å². The molecule has 2 aromatic carbocycles. The molecular weight excluding hydrogens is 210 g/mol. The van der Waals surface area contributed by atoms with Gasteiger partial charge in [-0.3, -0.25) is 0 Å². The van der Waals surface area contributed by atoms with Crippen molar-refractivity contribution in [2.45, 2.75) is 0 Å². The SMILES string of the molecule is C1=Cc2cccc3c2N(C1)c1ccccc1O3. The molecular formula is C15H11NO. The van der Waals surface area contributed by atoms with E-state index in [0.29, 0.717) is 0 Å². The summed E-state index contributed by atoms with van der Waals surface area (Å²) in [5.74, 6) is 1.89. The second kappa shape index (κ2) is 3.14. The lowest BCUT2D eigenvalue weighted by atomic mass is 10.0. The number of ether oxygens (including phenoxy) is 1. The van der Waals surface area contributed by atoms with E-state index in [1.807, 2.05) is 30.3 Å². The lowest BCUT2D eigenvalue weighted by Gasteiger charge is -2.35. The minimum absolute atomic E-state index is 0.907. The van der Waals surface area contributed by atoms with Crippen molar-refractivity contribution >= 4 is 17.5 Å². The van der Waals surface area contributed by atoms with E-state index in [1.165, 1.54) is 11.3 Å². The van der Waals surface area contributed by atoms with E-state index in [9.17, 15) is 0 Å². The average molecular weight is 221 g/mol. The maximum Gasteiger partial charge on any atom is 0.151 e. The largest absolute Gasteiger partial charge is 0.453 e. The van der Waals surface area contributed by atoms with E-state index in [2.05, 4.69) is 29.2 Å². The maximum atomic E-state index is 5.95. The van der Waals surface area contributed by atoms with Crippen LogP contribution in [-0.4, -0.2) is 6.54 Å². The smallest absolute Gasteiger partial charge is 0.151 e. The van der Waals surface area contributed by atoms with Gasteiger partial charge in [0.1, 0.15) is 0 Å². The first kappa shape index (κ1) is 8.88. The molecule has 2 nitrogen and oxygen atoms in total. The number of rotatable bonds is 0. The number of benzene rings is 2. The van der Waals surface area contributed by atoms with Gasteiger partial charge in [-0.1, -0.05) is 36.4 Å². The number of hydrogen-bond acceptors (Lipinski definition) is 2. The van der Waals surface area contributed by atoms with Gasteiger partial charge in [0, 0.05) is 12.1 Å². The molecule has 0 unspecified atom stereocenters. The van der Waals surface area contributed by atoms with Gasteiger partial charge >= 0.3 is 0 Å². The highest BCUT2D eigenvalue weighted by Crippen LogP contribution is 2.49. The number of anilines is 2. The van der Waals surface area contributed by atoms with Crippen molar-refractivity contribution in [2.75, 3.05) is 11.4 Å². The van der Waals surface area contributed by atoms with E-state index in [-0.39, 0.29) is 0 Å². The molecule has 0 atom stereocenters. The fourth-order valence-electron chi connectivity index (χ4n) is 2.53. The first-order valence-corrected chi connectivity index (χ1v) is 5.77. The first-order chi connectivity index (χ1) is 8.43. The van der Waals surface area contributed by atoms with Crippen molar-refractivity contribution in [1.82, 2.24) is 0 Å². The molecule has 0 radical (unpaired) electrons. The summed E-state index contributed by atoms with van der Waals surface area (Å²) < 4.78 is 5.95. The van der Waals surface area contributed by atoms with Crippen LogP contribution < -0.4 is 9.64 Å². The van der Waals surface area contributed by atoms with Crippen LogP contribution in [0, 0.1) is 0 Å². The van der Waals surface area contributed by atoms with Crippen LogP contribution in [0.25, 0.3) is 6.08 Å². The number of para-hydroxylation sites is 3. The van der Waals surface area contributed by atoms with Gasteiger partial charge in [-0.05, 0) is 18.2 Å². The van der Waals surface area contributed by atoms with Gasteiger partial charge in [0.05, 0.1) is 11.4 Å². The maximum absolute atomic E-state index is 5.95. The first-order valence-electron chi connectivity index (χ1n) is 5.77. The molecule has 0 aliphatic carbocycles. The summed E-state index contributed by atoms with van der Waals surface area (Å²) in [6.07, 6.45) is 4.35. The lowest BCUT2D eigenvalue weighted by molar-refractivity contribution is 0.474. The zero-order valence-corrected chi connectivity index (χ0v) is 9.26. The van der Waals surface area contributed by atoms with Crippen LogP contribution in [0.1, 0.15) is 5.56 Å². The standard InChI is InChI=1S/C15H11NO/c1-2-8-13-12(7-1)16-10-4-6-11-5-3-9-14(17-13)15(11)16/h1-9H,10H2. The molecule has 2 aliphatic rings. The van der Waals surface area contributed by atoms with E-state index in [1.54, 1.807) is 0 Å². The van der Waals surface area contributed by atoms with Gasteiger partial charge in [-0.15, -0.1) is 0 Å². The van der Waals surface area contributed by atoms with Crippen molar-refractivity contribution in [2.24, 2.45) is 0 Å². The second-order valence-corrected chi connectivity index (χ2v) is 4.28. The van der Waals surface area contributed by atoms with Gasteiger partial charge < -0.3 is 9.64 Å². The molecule has 82 valence electrons. The number of fused-ring (bicyclic) bond motifs is 2. The number of hydrogen-bond donors (Lipinski definition) is 0. The molecule has 2 aromatic rings. The molecule has 0 bridgehead atoms. The molecule has 4 rings (SSSR count). The van der Waals surface area contributed by atoms with Crippen molar-refractivity contribution in [3.8, 4) is 11.5 Å². The van der Waals surface area contributed by atoms with E-state index >= 15 is 0 Å². The second-order valence-electron chi connectivity index (χ2n) is 4.28. The molecule has 2 heteroatoms. The summed E-state index contributed by atoms with van der Waals surface area (Å²) in [5.41, 5.74) is 3.56. The Morgan fingerprint density at radius 3 is 2.82 bits per heavy atom. The zero-order chi connectivity index (χ0) is 11.2. The Bertz CT molecular complexity index is 631. The van der Waals surface area contributed by atoms with Crippen molar-refractivity contribution in [3.63, 3.8) is 0 Å². The van der Waals surface area contributed by atoms with Gasteiger partial charge in [-0.25, -0.2) is 0 Å². The Balaban J connectivity index is 2.02. The highest BCUT2D eigenvalue weighted by Gasteiger charge is 2.26. The van der Waals surface area contributed by atoms with Crippen molar-refractivity contribution in [1.29, 1.82) is 0 Å². The Morgan fingerprint density at radius 2 is 1.82 bits per heavy atom. The fraction of sp³-hybridized carbons (Fsp3) is 0.0667. The summed E-state index contributed by atoms with van der Waals surface area (Å²) in [6.45, 7) is 0.907. The minimum atomic E-state index is 0.907. The number of nitrogens with zero attached hydrogens (tertiary/aromatic N) is 1. The molecule has 0 aromatic heterocycles. The van der Waals surface area contributed by atoms with Crippen LogP contribution in [0.3, 0.4) is 0 Å². The summed E-state index contributed by atoms with van der Waals surface area (Å²) in [4.78, 5) is 2.31. The topological polar surface area (TPSA) is 12.5 Å². The Morgan fingerprint density at radius 1 is 0.941 bits per heavy atom. The van der Waals surface area contributed by atoms with Crippen LogP contribution in [0.5, 0.6) is 11.5 Å². The third-order valence-corrected chi connectivity index (χ3v) is 3.26. The summed E-state index contributed by atoms with van der Waals surface area (Å²) in [7, 11) is 0. The average Bonchev–Trinajstić information content (AvgIpc) is 2.39. The molecule has 17 heavy (non-hydrogen) atoms. The third kappa shape index (κ3) is 1.15. The lowest BCUT2D eigenvalue weighted by Crippen LogP contribution is -2.23. The summed E-state index contributed by atoms with van der Waals surface area (Å²) in [6, 6.07) is 14.4. The van der Waals surface area contributed by atoms with Crippen molar-refractivity contribution < 1.29 is 4.74 Å². The van der Waals surface area contributed by atoms with Gasteiger partial charge in [0.25, 0.3) is 0 Å². The molecule has 0 saturated heterocycles. The molecule has 0 amide bonds. The highest BCUT2D eigenvalue weighted by molar-refractivity contribution is 5.86. The predicted octanol–water partition coefficient (Wildman–Crippen LogP) is 3.96. The minimum Gasteiger partial charge on any atom is -0.453 e. The normalized spacial score (nSPS) is 14.9. The van der Waals surface area contributed by atoms with Crippen LogP contribution in [0.15, 0.2) is 48.5 Å². The Kier molecular flexibility index (Phi) is 1.64. The van der Waals surface area contributed by atoms with Gasteiger partial charge in [-0.2, -0.15) is 0 Å². The molecule has 0 fully saturated rings. The van der Waals surface area contributed by atoms with Crippen LogP contribution in [0.4, 0.5) is 11.4 Å². The van der Waals surface area contributed by atoms with Gasteiger partial charge in [0.15, 0.2) is 11.5 Å². The molecule has 0 spiro atoms. The van der Waals surface area contributed by atoms with Crippen LogP contribution in [-0.2, 0) is 0 Å². The molecule has 2 aliphatic heterocycles. The fourth-order valence-corrected chi connectivity index (χ4v) is 2.53. The van der Waals surface area contributed by atoms with E-state index in [0.717, 1.165) is 23.7 Å². The third-order valence-electron chi connectivity index (χ3n) is 3.26. The monoisotopic (exact) mass is 221 g/mol.